The molecule has 0 N–H and O–H groups in total. The summed E-state index contributed by atoms with van der Waals surface area (Å²) in [5.41, 5.74) is 1.85. The van der Waals surface area contributed by atoms with Gasteiger partial charge in [0.1, 0.15) is 5.75 Å². The molecule has 132 valence electrons. The van der Waals surface area contributed by atoms with Gasteiger partial charge in [0.05, 0.1) is 18.3 Å². The lowest BCUT2D eigenvalue weighted by molar-refractivity contribution is 0.0734. The van der Waals surface area contributed by atoms with Crippen molar-refractivity contribution in [2.45, 2.75) is 19.9 Å². The number of rotatable bonds is 6. The minimum Gasteiger partial charge on any atom is -0.423 e. The second-order valence-electron chi connectivity index (χ2n) is 5.71. The summed E-state index contributed by atoms with van der Waals surface area (Å²) < 4.78 is 6.95. The van der Waals surface area contributed by atoms with Gasteiger partial charge in [-0.05, 0) is 35.9 Å². The first-order valence-corrected chi connectivity index (χ1v) is 8.56. The zero-order valence-corrected chi connectivity index (χ0v) is 14.9. The maximum Gasteiger partial charge on any atom is 0.346 e. The van der Waals surface area contributed by atoms with Crippen molar-refractivity contribution in [3.63, 3.8) is 0 Å². The maximum absolute atomic E-state index is 12.3. The Labute approximate surface area is 156 Å². The van der Waals surface area contributed by atoms with Crippen LogP contribution in [0.3, 0.4) is 0 Å². The number of aromatic nitrogens is 2. The first-order chi connectivity index (χ1) is 12.6. The molecular weight excluding hydrogens is 352 g/mol. The molecule has 0 unspecified atom stereocenters. The van der Waals surface area contributed by atoms with Crippen LogP contribution >= 0.6 is 11.6 Å². The normalized spacial score (nSPS) is 10.5. The summed E-state index contributed by atoms with van der Waals surface area (Å²) in [6.07, 6.45) is 3.50. The Bertz CT molecular complexity index is 932. The van der Waals surface area contributed by atoms with Crippen LogP contribution in [0.2, 0.25) is 5.02 Å². The van der Waals surface area contributed by atoms with E-state index in [-0.39, 0.29) is 5.78 Å². The highest BCUT2D eigenvalue weighted by molar-refractivity contribution is 6.31. The second kappa shape index (κ2) is 7.97. The van der Waals surface area contributed by atoms with Crippen molar-refractivity contribution in [2.24, 2.45) is 0 Å². The van der Waals surface area contributed by atoms with Gasteiger partial charge in [-0.25, -0.2) is 4.79 Å². The van der Waals surface area contributed by atoms with Crippen LogP contribution in [0.5, 0.6) is 5.75 Å². The molecule has 0 spiro atoms. The van der Waals surface area contributed by atoms with Gasteiger partial charge in [-0.2, -0.15) is 5.10 Å². The van der Waals surface area contributed by atoms with E-state index in [4.69, 9.17) is 16.3 Å². The van der Waals surface area contributed by atoms with Crippen LogP contribution in [0.25, 0.3) is 0 Å². The molecule has 1 aromatic heterocycles. The van der Waals surface area contributed by atoms with Crippen molar-refractivity contribution in [3.05, 3.63) is 82.6 Å². The fourth-order valence-corrected chi connectivity index (χ4v) is 2.63. The molecular formula is C20H17ClN2O3. The minimum atomic E-state index is -0.509. The van der Waals surface area contributed by atoms with E-state index in [1.165, 1.54) is 6.20 Å². The fraction of sp³-hybridized carbons (Fsp3) is 0.150. The molecule has 0 amide bonds. The number of ether oxygens (including phenoxy) is 1. The van der Waals surface area contributed by atoms with E-state index in [1.807, 2.05) is 24.3 Å². The summed E-state index contributed by atoms with van der Waals surface area (Å²) in [4.78, 5) is 23.9. The van der Waals surface area contributed by atoms with Gasteiger partial charge < -0.3 is 4.74 Å². The van der Waals surface area contributed by atoms with Gasteiger partial charge in [0.15, 0.2) is 5.78 Å². The molecule has 5 nitrogen and oxygen atoms in total. The Morgan fingerprint density at radius 2 is 1.81 bits per heavy atom. The van der Waals surface area contributed by atoms with E-state index in [0.717, 1.165) is 5.56 Å². The van der Waals surface area contributed by atoms with Gasteiger partial charge in [-0.15, -0.1) is 0 Å². The van der Waals surface area contributed by atoms with Gasteiger partial charge >= 0.3 is 5.97 Å². The van der Waals surface area contributed by atoms with Crippen LogP contribution in [0.4, 0.5) is 0 Å². The molecule has 0 aliphatic heterocycles. The van der Waals surface area contributed by atoms with Crippen LogP contribution in [0, 0.1) is 0 Å². The van der Waals surface area contributed by atoms with Gasteiger partial charge in [0.25, 0.3) is 0 Å². The number of ketones is 1. The molecule has 0 aliphatic rings. The van der Waals surface area contributed by atoms with Crippen molar-refractivity contribution in [1.29, 1.82) is 0 Å². The quantitative estimate of drug-likeness (QED) is 0.367. The molecule has 0 aliphatic carbocycles. The third-order valence-electron chi connectivity index (χ3n) is 3.87. The van der Waals surface area contributed by atoms with E-state index in [9.17, 15) is 9.59 Å². The monoisotopic (exact) mass is 368 g/mol. The van der Waals surface area contributed by atoms with Crippen molar-refractivity contribution in [3.8, 4) is 5.75 Å². The highest BCUT2D eigenvalue weighted by Gasteiger charge is 2.13. The van der Waals surface area contributed by atoms with Gasteiger partial charge in [0.2, 0.25) is 0 Å². The number of nitrogens with zero attached hydrogens (tertiary/aromatic N) is 2. The first-order valence-electron chi connectivity index (χ1n) is 8.18. The highest BCUT2D eigenvalue weighted by Crippen LogP contribution is 2.17. The van der Waals surface area contributed by atoms with Crippen molar-refractivity contribution in [1.82, 2.24) is 9.78 Å². The number of benzene rings is 2. The average Bonchev–Trinajstić information content (AvgIpc) is 3.12. The van der Waals surface area contributed by atoms with Crippen molar-refractivity contribution >= 4 is 23.4 Å². The minimum absolute atomic E-state index is 0.0451. The molecule has 0 atom stereocenters. The average molecular weight is 369 g/mol. The van der Waals surface area contributed by atoms with Crippen LogP contribution in [-0.4, -0.2) is 21.5 Å². The highest BCUT2D eigenvalue weighted by atomic mass is 35.5. The van der Waals surface area contributed by atoms with E-state index in [1.54, 1.807) is 42.1 Å². The Morgan fingerprint density at radius 1 is 1.08 bits per heavy atom. The molecule has 0 radical (unpaired) electrons. The van der Waals surface area contributed by atoms with Crippen LogP contribution in [0.1, 0.15) is 39.6 Å². The molecule has 3 aromatic rings. The molecule has 0 saturated heterocycles. The number of hydrogen-bond acceptors (Lipinski definition) is 4. The van der Waals surface area contributed by atoms with E-state index < -0.39 is 5.97 Å². The SMILES string of the molecule is CCC(=O)c1ccc(OC(=O)c2cnn(Cc3ccccc3Cl)c2)cc1. The molecule has 1 heterocycles. The van der Waals surface area contributed by atoms with E-state index >= 15 is 0 Å². The van der Waals surface area contributed by atoms with Gasteiger partial charge in [0, 0.05) is 23.2 Å². The zero-order valence-electron chi connectivity index (χ0n) is 14.2. The summed E-state index contributed by atoms with van der Waals surface area (Å²) in [5.74, 6) is -0.0878. The van der Waals surface area contributed by atoms with E-state index in [2.05, 4.69) is 5.10 Å². The topological polar surface area (TPSA) is 61.2 Å². The van der Waals surface area contributed by atoms with Crippen molar-refractivity contribution < 1.29 is 14.3 Å². The smallest absolute Gasteiger partial charge is 0.346 e. The van der Waals surface area contributed by atoms with Gasteiger partial charge in [-0.1, -0.05) is 36.7 Å². The third kappa shape index (κ3) is 4.18. The molecule has 0 saturated carbocycles. The standard InChI is InChI=1S/C20H17ClN2O3/c1-2-19(24)14-7-9-17(10-8-14)26-20(25)16-11-22-23(13-16)12-15-5-3-4-6-18(15)21/h3-11,13H,2,12H2,1H3. The molecule has 2 aromatic carbocycles. The van der Waals surface area contributed by atoms with E-state index in [0.29, 0.717) is 34.9 Å². The molecule has 0 fully saturated rings. The Morgan fingerprint density at radius 3 is 2.50 bits per heavy atom. The number of halogens is 1. The number of carbonyl (C=O) groups excluding carboxylic acids is 2. The summed E-state index contributed by atoms with van der Waals surface area (Å²) in [6, 6.07) is 14.0. The fourth-order valence-electron chi connectivity index (χ4n) is 2.44. The van der Waals surface area contributed by atoms with Crippen LogP contribution in [-0.2, 0) is 6.54 Å². The summed E-state index contributed by atoms with van der Waals surface area (Å²) in [7, 11) is 0. The summed E-state index contributed by atoms with van der Waals surface area (Å²) in [5, 5.41) is 4.82. The first kappa shape index (κ1) is 17.9. The molecule has 0 bridgehead atoms. The molecule has 26 heavy (non-hydrogen) atoms. The Balaban J connectivity index is 1.66. The number of esters is 1. The van der Waals surface area contributed by atoms with Gasteiger partial charge in [-0.3, -0.25) is 9.48 Å². The molecule has 3 rings (SSSR count). The van der Waals surface area contributed by atoms with Crippen LogP contribution in [0.15, 0.2) is 60.9 Å². The number of Topliss-reactive ketones (excluding diaryl/α,β-unsaturated/α-hetero) is 1. The van der Waals surface area contributed by atoms with Crippen molar-refractivity contribution in [2.75, 3.05) is 0 Å². The number of hydrogen-bond donors (Lipinski definition) is 0. The lowest BCUT2D eigenvalue weighted by Crippen LogP contribution is -2.08. The third-order valence-corrected chi connectivity index (χ3v) is 4.24. The predicted molar refractivity (Wildman–Crippen MR) is 98.8 cm³/mol. The predicted octanol–water partition coefficient (Wildman–Crippen LogP) is 4.40. The van der Waals surface area contributed by atoms with Crippen LogP contribution < -0.4 is 4.74 Å². The summed E-state index contributed by atoms with van der Waals surface area (Å²) >= 11 is 6.14. The Kier molecular flexibility index (Phi) is 5.49. The lowest BCUT2D eigenvalue weighted by Gasteiger charge is -2.04. The lowest BCUT2D eigenvalue weighted by atomic mass is 10.1. The largest absolute Gasteiger partial charge is 0.423 e. The number of carbonyl (C=O) groups is 2. The Hall–Kier alpha value is -2.92. The zero-order chi connectivity index (χ0) is 18.5. The summed E-state index contributed by atoms with van der Waals surface area (Å²) in [6.45, 7) is 2.26. The maximum atomic E-state index is 12.3. The molecule has 6 heteroatoms. The second-order valence-corrected chi connectivity index (χ2v) is 6.12.